The molecule has 0 spiro atoms. The third-order valence-electron chi connectivity index (χ3n) is 3.65. The maximum absolute atomic E-state index is 12.2. The molecule has 0 saturated heterocycles. The van der Waals surface area contributed by atoms with Gasteiger partial charge in [0.25, 0.3) is 0 Å². The standard InChI is InChI=1S/C18H26N2O3S/c1-4-7-11-22-17-13-15(8-9-16(17)19-14-24)18(21)23-12-10-20(5-2)6-3/h8-9,13H,4-7,10-12H2,1-3H3. The number of nitrogens with zero attached hydrogens (tertiary/aromatic N) is 2. The van der Waals surface area contributed by atoms with Crippen LogP contribution in [0.25, 0.3) is 0 Å². The van der Waals surface area contributed by atoms with Crippen LogP contribution in [0.2, 0.25) is 0 Å². The zero-order valence-corrected chi connectivity index (χ0v) is 15.5. The lowest BCUT2D eigenvalue weighted by atomic mass is 10.2. The minimum absolute atomic E-state index is 0.361. The van der Waals surface area contributed by atoms with E-state index in [1.807, 2.05) is 0 Å². The molecule has 5 nitrogen and oxygen atoms in total. The zero-order chi connectivity index (χ0) is 17.8. The van der Waals surface area contributed by atoms with Crippen LogP contribution in [0.1, 0.15) is 44.0 Å². The van der Waals surface area contributed by atoms with E-state index in [2.05, 4.69) is 48.0 Å². The van der Waals surface area contributed by atoms with Crippen molar-refractivity contribution in [2.45, 2.75) is 33.6 Å². The van der Waals surface area contributed by atoms with Crippen molar-refractivity contribution in [2.75, 3.05) is 32.8 Å². The number of rotatable bonds is 11. The van der Waals surface area contributed by atoms with E-state index >= 15 is 0 Å². The lowest BCUT2D eigenvalue weighted by Crippen LogP contribution is -2.27. The Balaban J connectivity index is 2.74. The van der Waals surface area contributed by atoms with Crippen LogP contribution in [-0.2, 0) is 4.74 Å². The number of hydrogen-bond acceptors (Lipinski definition) is 6. The van der Waals surface area contributed by atoms with E-state index in [1.54, 1.807) is 18.2 Å². The molecule has 1 rings (SSSR count). The number of unbranched alkanes of at least 4 members (excludes halogenated alkanes) is 1. The van der Waals surface area contributed by atoms with Crippen LogP contribution in [0.4, 0.5) is 5.69 Å². The normalized spacial score (nSPS) is 10.3. The Bertz CT molecular complexity index is 567. The molecule has 0 atom stereocenters. The van der Waals surface area contributed by atoms with Crippen molar-refractivity contribution >= 4 is 29.0 Å². The number of ether oxygens (including phenoxy) is 2. The predicted molar refractivity (Wildman–Crippen MR) is 99.6 cm³/mol. The van der Waals surface area contributed by atoms with E-state index in [0.29, 0.717) is 30.2 Å². The summed E-state index contributed by atoms with van der Waals surface area (Å²) in [6.07, 6.45) is 1.96. The molecule has 0 aliphatic heterocycles. The smallest absolute Gasteiger partial charge is 0.338 e. The number of carbonyl (C=O) groups excluding carboxylic acids is 1. The highest BCUT2D eigenvalue weighted by molar-refractivity contribution is 7.78. The summed E-state index contributed by atoms with van der Waals surface area (Å²) in [5, 5.41) is 2.33. The topological polar surface area (TPSA) is 51.1 Å². The number of esters is 1. The van der Waals surface area contributed by atoms with Gasteiger partial charge >= 0.3 is 5.97 Å². The third-order valence-corrected chi connectivity index (χ3v) is 3.74. The molecule has 0 radical (unpaired) electrons. The number of likely N-dealkylation sites (N-methyl/N-ethyl adjacent to an activating group) is 1. The minimum atomic E-state index is -0.361. The average molecular weight is 350 g/mol. The highest BCUT2D eigenvalue weighted by Crippen LogP contribution is 2.29. The molecule has 24 heavy (non-hydrogen) atoms. The number of isothiocyanates is 1. The van der Waals surface area contributed by atoms with Gasteiger partial charge in [-0.1, -0.05) is 27.2 Å². The van der Waals surface area contributed by atoms with Crippen LogP contribution < -0.4 is 4.74 Å². The molecule has 1 aromatic rings. The van der Waals surface area contributed by atoms with Gasteiger partial charge in [0, 0.05) is 6.54 Å². The highest BCUT2D eigenvalue weighted by atomic mass is 32.1. The Morgan fingerprint density at radius 3 is 2.62 bits per heavy atom. The first kappa shape index (κ1) is 20.3. The molecule has 0 saturated carbocycles. The second-order valence-corrected chi connectivity index (χ2v) is 5.43. The van der Waals surface area contributed by atoms with E-state index in [9.17, 15) is 4.79 Å². The van der Waals surface area contributed by atoms with E-state index in [1.165, 1.54) is 0 Å². The van der Waals surface area contributed by atoms with Crippen molar-refractivity contribution in [2.24, 2.45) is 4.99 Å². The number of thiocarbonyl (C=S) groups is 1. The molecule has 0 aliphatic rings. The van der Waals surface area contributed by atoms with Gasteiger partial charge in [-0.25, -0.2) is 4.79 Å². The molecule has 132 valence electrons. The Hall–Kier alpha value is -1.75. The van der Waals surface area contributed by atoms with Crippen molar-refractivity contribution < 1.29 is 14.3 Å². The summed E-state index contributed by atoms with van der Waals surface area (Å²) >= 11 is 4.65. The monoisotopic (exact) mass is 350 g/mol. The summed E-state index contributed by atoms with van der Waals surface area (Å²) in [4.78, 5) is 18.4. The molecule has 0 N–H and O–H groups in total. The maximum atomic E-state index is 12.2. The van der Waals surface area contributed by atoms with Crippen LogP contribution in [-0.4, -0.2) is 48.9 Å². The van der Waals surface area contributed by atoms with Crippen molar-refractivity contribution in [1.29, 1.82) is 0 Å². The van der Waals surface area contributed by atoms with E-state index in [0.717, 1.165) is 32.5 Å². The highest BCUT2D eigenvalue weighted by Gasteiger charge is 2.12. The van der Waals surface area contributed by atoms with Gasteiger partial charge in [-0.3, -0.25) is 0 Å². The van der Waals surface area contributed by atoms with Crippen LogP contribution in [0, 0.1) is 0 Å². The third kappa shape index (κ3) is 6.79. The van der Waals surface area contributed by atoms with Crippen molar-refractivity contribution in [3.05, 3.63) is 23.8 Å². The van der Waals surface area contributed by atoms with E-state index < -0.39 is 0 Å². The van der Waals surface area contributed by atoms with Gasteiger partial charge in [-0.05, 0) is 49.9 Å². The summed E-state index contributed by atoms with van der Waals surface area (Å²) in [6.45, 7) is 9.79. The summed E-state index contributed by atoms with van der Waals surface area (Å²) in [6, 6.07) is 5.01. The Morgan fingerprint density at radius 1 is 1.25 bits per heavy atom. The van der Waals surface area contributed by atoms with Gasteiger partial charge in [-0.2, -0.15) is 4.99 Å². The lowest BCUT2D eigenvalue weighted by molar-refractivity contribution is 0.0466. The first-order valence-electron chi connectivity index (χ1n) is 8.40. The van der Waals surface area contributed by atoms with Crippen molar-refractivity contribution in [1.82, 2.24) is 4.90 Å². The van der Waals surface area contributed by atoms with Crippen LogP contribution in [0.3, 0.4) is 0 Å². The molecule has 6 heteroatoms. The van der Waals surface area contributed by atoms with E-state index in [-0.39, 0.29) is 5.97 Å². The van der Waals surface area contributed by atoms with Crippen molar-refractivity contribution in [3.8, 4) is 5.75 Å². The first-order valence-corrected chi connectivity index (χ1v) is 8.81. The number of hydrogen-bond donors (Lipinski definition) is 0. The Kier molecular flexibility index (Phi) is 9.92. The minimum Gasteiger partial charge on any atom is -0.491 e. The molecule has 0 unspecified atom stereocenters. The number of aliphatic imine (C=N–C) groups is 1. The van der Waals surface area contributed by atoms with Crippen LogP contribution in [0.15, 0.2) is 23.2 Å². The molecule has 1 aromatic carbocycles. The van der Waals surface area contributed by atoms with E-state index in [4.69, 9.17) is 9.47 Å². The molecule has 0 bridgehead atoms. The maximum Gasteiger partial charge on any atom is 0.338 e. The van der Waals surface area contributed by atoms with Gasteiger partial charge in [0.1, 0.15) is 18.0 Å². The fourth-order valence-corrected chi connectivity index (χ4v) is 2.21. The fourth-order valence-electron chi connectivity index (χ4n) is 2.12. The van der Waals surface area contributed by atoms with Gasteiger partial charge in [-0.15, -0.1) is 0 Å². The second kappa shape index (κ2) is 11.7. The quantitative estimate of drug-likeness (QED) is 0.260. The number of benzene rings is 1. The van der Waals surface area contributed by atoms with Gasteiger partial charge in [0.05, 0.1) is 17.3 Å². The SMILES string of the molecule is CCCCOc1cc(C(=O)OCCN(CC)CC)ccc1N=C=S. The molecule has 0 heterocycles. The van der Waals surface area contributed by atoms with Gasteiger partial charge in [0.2, 0.25) is 0 Å². The first-order chi connectivity index (χ1) is 11.7. The Labute approximate surface area is 149 Å². The summed E-state index contributed by atoms with van der Waals surface area (Å²) in [5.41, 5.74) is 1.02. The van der Waals surface area contributed by atoms with Crippen molar-refractivity contribution in [3.63, 3.8) is 0 Å². The lowest BCUT2D eigenvalue weighted by Gasteiger charge is -2.17. The largest absolute Gasteiger partial charge is 0.491 e. The van der Waals surface area contributed by atoms with Gasteiger partial charge < -0.3 is 14.4 Å². The summed E-state index contributed by atoms with van der Waals surface area (Å²) in [5.74, 6) is 0.166. The van der Waals surface area contributed by atoms with Crippen LogP contribution in [0.5, 0.6) is 5.75 Å². The fraction of sp³-hybridized carbons (Fsp3) is 0.556. The number of carbonyl (C=O) groups is 1. The predicted octanol–water partition coefficient (Wildman–Crippen LogP) is 4.10. The Morgan fingerprint density at radius 2 is 2.00 bits per heavy atom. The molecule has 0 fully saturated rings. The van der Waals surface area contributed by atoms with Crippen LogP contribution >= 0.6 is 12.2 Å². The zero-order valence-electron chi connectivity index (χ0n) is 14.7. The molecule has 0 aromatic heterocycles. The molecule has 0 aliphatic carbocycles. The summed E-state index contributed by atoms with van der Waals surface area (Å²) < 4.78 is 11.0. The molecular formula is C18H26N2O3S. The van der Waals surface area contributed by atoms with Gasteiger partial charge in [0.15, 0.2) is 0 Å². The molecule has 0 amide bonds. The second-order valence-electron chi connectivity index (χ2n) is 5.25. The molecular weight excluding hydrogens is 324 g/mol. The average Bonchev–Trinajstić information content (AvgIpc) is 2.60. The summed E-state index contributed by atoms with van der Waals surface area (Å²) in [7, 11) is 0.